The molecule has 3 N–H and O–H groups in total. The van der Waals surface area contributed by atoms with Crippen LogP contribution >= 0.6 is 0 Å². The molecule has 1 unspecified atom stereocenters. The number of hydrogen-bond donors (Lipinski definition) is 3. The van der Waals surface area contributed by atoms with Gasteiger partial charge in [0.25, 0.3) is 5.56 Å². The zero-order chi connectivity index (χ0) is 15.6. The zero-order valence-electron chi connectivity index (χ0n) is 11.6. The first-order valence-electron chi connectivity index (χ1n) is 6.78. The molecule has 1 aliphatic rings. The maximum absolute atomic E-state index is 11.7. The van der Waals surface area contributed by atoms with Crippen LogP contribution in [0.3, 0.4) is 0 Å². The molecular weight excluding hydrogens is 280 g/mol. The molecule has 0 radical (unpaired) electrons. The summed E-state index contributed by atoms with van der Waals surface area (Å²) in [5, 5.41) is 19.9. The molecule has 4 atom stereocenters. The van der Waals surface area contributed by atoms with E-state index >= 15 is 0 Å². The number of hydrogen-bond acceptors (Lipinski definition) is 6. The Morgan fingerprint density at radius 1 is 1.38 bits per heavy atom. The van der Waals surface area contributed by atoms with Crippen LogP contribution in [0.1, 0.15) is 32.4 Å². The van der Waals surface area contributed by atoms with Crippen LogP contribution in [-0.4, -0.2) is 43.9 Å². The van der Waals surface area contributed by atoms with Crippen LogP contribution in [0.4, 0.5) is 0 Å². The van der Waals surface area contributed by atoms with E-state index in [1.165, 1.54) is 6.20 Å². The van der Waals surface area contributed by atoms with Crippen LogP contribution in [0.25, 0.3) is 0 Å². The van der Waals surface area contributed by atoms with Crippen molar-refractivity contribution in [3.05, 3.63) is 33.1 Å². The van der Waals surface area contributed by atoms with Crippen molar-refractivity contribution in [1.29, 1.82) is 0 Å². The third-order valence-electron chi connectivity index (χ3n) is 3.56. The predicted octanol–water partition coefficient (Wildman–Crippen LogP) is -1.08. The van der Waals surface area contributed by atoms with Gasteiger partial charge in [0.1, 0.15) is 18.0 Å². The summed E-state index contributed by atoms with van der Waals surface area (Å²) in [6.07, 6.45) is -2.24. The zero-order valence-corrected chi connectivity index (χ0v) is 11.6. The van der Waals surface area contributed by atoms with Gasteiger partial charge < -0.3 is 14.9 Å². The lowest BCUT2D eigenvalue weighted by Crippen LogP contribution is -2.37. The molecule has 1 aromatic heterocycles. The van der Waals surface area contributed by atoms with E-state index in [1.807, 2.05) is 0 Å². The maximum Gasteiger partial charge on any atom is 0.330 e. The van der Waals surface area contributed by atoms with Crippen molar-refractivity contribution in [2.45, 2.75) is 50.7 Å². The van der Waals surface area contributed by atoms with Crippen LogP contribution < -0.4 is 11.2 Å². The smallest absolute Gasteiger partial charge is 0.330 e. The summed E-state index contributed by atoms with van der Waals surface area (Å²) in [5.74, 6) is 0.0324. The summed E-state index contributed by atoms with van der Waals surface area (Å²) in [6.45, 7) is 1.74. The first-order chi connectivity index (χ1) is 9.93. The fourth-order valence-corrected chi connectivity index (χ4v) is 2.31. The van der Waals surface area contributed by atoms with E-state index in [9.17, 15) is 24.6 Å². The minimum absolute atomic E-state index is 0.0324. The number of nitrogens with zero attached hydrogens (tertiary/aromatic N) is 1. The second-order valence-electron chi connectivity index (χ2n) is 4.99. The van der Waals surface area contributed by atoms with Gasteiger partial charge in [-0.3, -0.25) is 19.1 Å². The number of carbonyl (C=O) groups is 1. The van der Waals surface area contributed by atoms with Crippen LogP contribution in [0.2, 0.25) is 0 Å². The highest BCUT2D eigenvalue weighted by Crippen LogP contribution is 2.30. The SMILES string of the molecule is CCC(=O)CC[C@H]1O[C@@H](n2ccc(=O)[nH]c2=O)C(O)[C@H]1O. The van der Waals surface area contributed by atoms with Crippen LogP contribution in [0.15, 0.2) is 21.9 Å². The van der Waals surface area contributed by atoms with E-state index in [-0.39, 0.29) is 18.6 Å². The van der Waals surface area contributed by atoms with Gasteiger partial charge in [0, 0.05) is 25.1 Å². The minimum Gasteiger partial charge on any atom is -0.388 e. The Kier molecular flexibility index (Phi) is 4.71. The molecule has 1 aliphatic heterocycles. The minimum atomic E-state index is -1.31. The molecule has 116 valence electrons. The first-order valence-corrected chi connectivity index (χ1v) is 6.78. The van der Waals surface area contributed by atoms with Crippen molar-refractivity contribution in [3.63, 3.8) is 0 Å². The Bertz CT molecular complexity index is 622. The standard InChI is InChI=1S/C13H18N2O6/c1-2-7(16)3-4-8-10(18)11(19)12(21-8)15-6-5-9(17)14-13(15)20/h5-6,8,10-12,18-19H,2-4H2,1H3,(H,14,17,20)/t8-,10+,11?,12-/m1/s1. The molecule has 0 amide bonds. The molecule has 8 heteroatoms. The number of Topliss-reactive ketones (excluding diaryl/α,β-unsaturated/α-hetero) is 1. The van der Waals surface area contributed by atoms with E-state index in [2.05, 4.69) is 4.98 Å². The van der Waals surface area contributed by atoms with Gasteiger partial charge in [0.2, 0.25) is 0 Å². The van der Waals surface area contributed by atoms with Crippen molar-refractivity contribution >= 4 is 5.78 Å². The van der Waals surface area contributed by atoms with E-state index < -0.39 is 35.8 Å². The number of aromatic nitrogens is 2. The van der Waals surface area contributed by atoms with Gasteiger partial charge in [0.05, 0.1) is 6.10 Å². The lowest BCUT2D eigenvalue weighted by Gasteiger charge is -2.16. The third kappa shape index (κ3) is 3.29. The first kappa shape index (κ1) is 15.6. The van der Waals surface area contributed by atoms with E-state index in [0.29, 0.717) is 6.42 Å². The van der Waals surface area contributed by atoms with Crippen molar-refractivity contribution < 1.29 is 19.7 Å². The average molecular weight is 298 g/mol. The highest BCUT2D eigenvalue weighted by Gasteiger charge is 2.43. The van der Waals surface area contributed by atoms with E-state index in [1.54, 1.807) is 6.92 Å². The number of ether oxygens (including phenoxy) is 1. The second kappa shape index (κ2) is 6.33. The average Bonchev–Trinajstić information content (AvgIpc) is 2.73. The molecule has 0 saturated carbocycles. The Balaban J connectivity index is 2.14. The molecule has 2 heterocycles. The Morgan fingerprint density at radius 3 is 2.71 bits per heavy atom. The topological polar surface area (TPSA) is 122 Å². The molecule has 0 aromatic carbocycles. The summed E-state index contributed by atoms with van der Waals surface area (Å²) < 4.78 is 6.49. The summed E-state index contributed by atoms with van der Waals surface area (Å²) in [4.78, 5) is 36.1. The molecule has 2 rings (SSSR count). The lowest BCUT2D eigenvalue weighted by atomic mass is 10.0. The maximum atomic E-state index is 11.7. The highest BCUT2D eigenvalue weighted by atomic mass is 16.6. The number of aliphatic hydroxyl groups excluding tert-OH is 2. The van der Waals surface area contributed by atoms with Crippen LogP contribution in [-0.2, 0) is 9.53 Å². The molecule has 1 saturated heterocycles. The third-order valence-corrected chi connectivity index (χ3v) is 3.56. The Hall–Kier alpha value is -1.77. The Labute approximate surface area is 120 Å². The molecule has 0 aliphatic carbocycles. The number of ketones is 1. The quantitative estimate of drug-likeness (QED) is 0.635. The van der Waals surface area contributed by atoms with Gasteiger partial charge in [-0.1, -0.05) is 6.92 Å². The summed E-state index contributed by atoms with van der Waals surface area (Å²) in [7, 11) is 0. The largest absolute Gasteiger partial charge is 0.388 e. The van der Waals surface area contributed by atoms with Crippen molar-refractivity contribution in [1.82, 2.24) is 9.55 Å². The van der Waals surface area contributed by atoms with Gasteiger partial charge in [-0.05, 0) is 6.42 Å². The number of carbonyl (C=O) groups excluding carboxylic acids is 1. The normalized spacial score (nSPS) is 28.7. The fraction of sp³-hybridized carbons (Fsp3) is 0.615. The molecule has 8 nitrogen and oxygen atoms in total. The van der Waals surface area contributed by atoms with Gasteiger partial charge in [-0.2, -0.15) is 0 Å². The van der Waals surface area contributed by atoms with Gasteiger partial charge in [-0.15, -0.1) is 0 Å². The highest BCUT2D eigenvalue weighted by molar-refractivity contribution is 5.77. The van der Waals surface area contributed by atoms with Gasteiger partial charge in [0.15, 0.2) is 6.23 Å². The molecule has 0 spiro atoms. The number of nitrogens with one attached hydrogen (secondary N) is 1. The predicted molar refractivity (Wildman–Crippen MR) is 71.8 cm³/mol. The molecule has 1 aromatic rings. The Morgan fingerprint density at radius 2 is 2.10 bits per heavy atom. The van der Waals surface area contributed by atoms with Crippen molar-refractivity contribution in [3.8, 4) is 0 Å². The fourth-order valence-electron chi connectivity index (χ4n) is 2.31. The molecule has 1 fully saturated rings. The summed E-state index contributed by atoms with van der Waals surface area (Å²) >= 11 is 0. The monoisotopic (exact) mass is 298 g/mol. The summed E-state index contributed by atoms with van der Waals surface area (Å²) in [6, 6.07) is 1.12. The molecule has 21 heavy (non-hydrogen) atoms. The lowest BCUT2D eigenvalue weighted by molar-refractivity contribution is -0.120. The number of H-pyrrole nitrogens is 1. The van der Waals surface area contributed by atoms with E-state index in [4.69, 9.17) is 4.74 Å². The van der Waals surface area contributed by atoms with Gasteiger partial charge >= 0.3 is 5.69 Å². The van der Waals surface area contributed by atoms with Crippen molar-refractivity contribution in [2.75, 3.05) is 0 Å². The van der Waals surface area contributed by atoms with Gasteiger partial charge in [-0.25, -0.2) is 4.79 Å². The van der Waals surface area contributed by atoms with Crippen LogP contribution in [0, 0.1) is 0 Å². The number of rotatable bonds is 5. The van der Waals surface area contributed by atoms with Crippen molar-refractivity contribution in [2.24, 2.45) is 0 Å². The summed E-state index contributed by atoms with van der Waals surface area (Å²) in [5.41, 5.74) is -1.29. The molecule has 0 bridgehead atoms. The number of aliphatic hydroxyl groups is 2. The second-order valence-corrected chi connectivity index (χ2v) is 4.99. The number of aromatic amines is 1. The molecular formula is C13H18N2O6. The van der Waals surface area contributed by atoms with Crippen LogP contribution in [0.5, 0.6) is 0 Å². The van der Waals surface area contributed by atoms with E-state index in [0.717, 1.165) is 10.6 Å².